The van der Waals surface area contributed by atoms with Crippen LogP contribution in [0.4, 0.5) is 5.69 Å². The highest BCUT2D eigenvalue weighted by molar-refractivity contribution is 7.92. The molecule has 0 spiro atoms. The van der Waals surface area contributed by atoms with Crippen LogP contribution in [0.3, 0.4) is 0 Å². The van der Waals surface area contributed by atoms with Gasteiger partial charge in [0, 0.05) is 50.9 Å². The van der Waals surface area contributed by atoms with Crippen molar-refractivity contribution in [1.29, 1.82) is 0 Å². The fraction of sp³-hybridized carbons (Fsp3) is 0.458. The number of nitrogens with one attached hydrogen (secondary N) is 1. The predicted octanol–water partition coefficient (Wildman–Crippen LogP) is 2.07. The number of benzene rings is 2. The summed E-state index contributed by atoms with van der Waals surface area (Å²) in [6.45, 7) is 7.61. The lowest BCUT2D eigenvalue weighted by molar-refractivity contribution is 0.0951. The number of amides is 1. The molecule has 4 rings (SSSR count). The molecular formula is C24H32N4O3S. The topological polar surface area (TPSA) is 73.0 Å². The van der Waals surface area contributed by atoms with Gasteiger partial charge in [-0.3, -0.25) is 14.0 Å². The first-order chi connectivity index (χ1) is 15.2. The fourth-order valence-electron chi connectivity index (χ4n) is 4.64. The first-order valence-corrected chi connectivity index (χ1v) is 12.9. The summed E-state index contributed by atoms with van der Waals surface area (Å²) in [4.78, 5) is 17.6. The number of anilines is 1. The average molecular weight is 457 g/mol. The molecule has 7 nitrogen and oxygen atoms in total. The van der Waals surface area contributed by atoms with E-state index in [1.165, 1.54) is 16.1 Å². The molecule has 0 radical (unpaired) electrons. The maximum atomic E-state index is 12.8. The summed E-state index contributed by atoms with van der Waals surface area (Å²) in [5.41, 5.74) is 4.45. The van der Waals surface area contributed by atoms with E-state index in [-0.39, 0.29) is 11.9 Å². The summed E-state index contributed by atoms with van der Waals surface area (Å²) in [7, 11) is -1.18. The zero-order chi connectivity index (χ0) is 22.9. The van der Waals surface area contributed by atoms with Crippen molar-refractivity contribution in [1.82, 2.24) is 15.1 Å². The van der Waals surface area contributed by atoms with E-state index in [0.717, 1.165) is 43.9 Å². The van der Waals surface area contributed by atoms with Crippen LogP contribution in [0.15, 0.2) is 42.5 Å². The Bertz CT molecular complexity index is 1090. The molecule has 0 aromatic heterocycles. The van der Waals surface area contributed by atoms with E-state index in [1.54, 1.807) is 12.1 Å². The van der Waals surface area contributed by atoms with E-state index in [1.807, 2.05) is 25.1 Å². The Kier molecular flexibility index (Phi) is 6.55. The van der Waals surface area contributed by atoms with Gasteiger partial charge in [0.25, 0.3) is 5.91 Å². The Labute approximate surface area is 191 Å². The number of nitrogens with zero attached hydrogens (tertiary/aromatic N) is 3. The summed E-state index contributed by atoms with van der Waals surface area (Å²) < 4.78 is 25.6. The van der Waals surface area contributed by atoms with Crippen molar-refractivity contribution < 1.29 is 13.2 Å². The lowest BCUT2D eigenvalue weighted by atomic mass is 10.1. The Hall–Kier alpha value is -2.42. The molecule has 2 heterocycles. The van der Waals surface area contributed by atoms with Gasteiger partial charge >= 0.3 is 0 Å². The monoisotopic (exact) mass is 456 g/mol. The van der Waals surface area contributed by atoms with Gasteiger partial charge in [-0.15, -0.1) is 0 Å². The second-order valence-electron chi connectivity index (χ2n) is 9.04. The molecule has 0 bridgehead atoms. The maximum absolute atomic E-state index is 12.8. The third-order valence-electron chi connectivity index (χ3n) is 6.30. The number of carbonyl (C=O) groups is 1. The lowest BCUT2D eigenvalue weighted by Gasteiger charge is -2.32. The predicted molar refractivity (Wildman–Crippen MR) is 127 cm³/mol. The standard InChI is InChI=1S/C24H32N4O3S/c1-18-13-22-15-21(7-8-23(22)28(18)32(3,30)31)24(29)25-16-19-5-4-6-20(14-19)17-27-11-9-26(2)10-12-27/h4-8,14-15,18H,9-13,16-17H2,1-3H3,(H,25,29). The van der Waals surface area contributed by atoms with Crippen LogP contribution in [0.1, 0.15) is 34.0 Å². The number of likely N-dealkylation sites (N-methyl/N-ethyl adjacent to an activating group) is 1. The first-order valence-electron chi connectivity index (χ1n) is 11.1. The molecule has 1 amide bonds. The molecule has 172 valence electrons. The number of rotatable bonds is 6. The average Bonchev–Trinajstić information content (AvgIpc) is 3.09. The molecule has 2 aromatic rings. The molecule has 32 heavy (non-hydrogen) atoms. The molecule has 1 N–H and O–H groups in total. The molecule has 1 unspecified atom stereocenters. The van der Waals surface area contributed by atoms with Crippen LogP contribution in [0.5, 0.6) is 0 Å². The van der Waals surface area contributed by atoms with Gasteiger partial charge in [-0.25, -0.2) is 8.42 Å². The minimum absolute atomic E-state index is 0.138. The van der Waals surface area contributed by atoms with Gasteiger partial charge in [0.1, 0.15) is 0 Å². The highest BCUT2D eigenvalue weighted by atomic mass is 32.2. The van der Waals surface area contributed by atoms with E-state index in [9.17, 15) is 13.2 Å². The summed E-state index contributed by atoms with van der Waals surface area (Å²) in [5.74, 6) is -0.150. The molecule has 1 saturated heterocycles. The number of hydrogen-bond donors (Lipinski definition) is 1. The van der Waals surface area contributed by atoms with Crippen molar-refractivity contribution in [2.75, 3.05) is 43.8 Å². The van der Waals surface area contributed by atoms with E-state index < -0.39 is 10.0 Å². The smallest absolute Gasteiger partial charge is 0.251 e. The quantitative estimate of drug-likeness (QED) is 0.721. The van der Waals surface area contributed by atoms with E-state index in [0.29, 0.717) is 24.2 Å². The maximum Gasteiger partial charge on any atom is 0.251 e. The molecule has 0 aliphatic carbocycles. The minimum Gasteiger partial charge on any atom is -0.348 e. The Morgan fingerprint density at radius 2 is 1.78 bits per heavy atom. The van der Waals surface area contributed by atoms with Crippen LogP contribution in [0.2, 0.25) is 0 Å². The zero-order valence-electron chi connectivity index (χ0n) is 19.0. The van der Waals surface area contributed by atoms with Crippen molar-refractivity contribution >= 4 is 21.6 Å². The Morgan fingerprint density at radius 3 is 2.50 bits per heavy atom. The van der Waals surface area contributed by atoms with Gasteiger partial charge in [0.05, 0.1) is 11.9 Å². The van der Waals surface area contributed by atoms with Gasteiger partial charge < -0.3 is 10.2 Å². The van der Waals surface area contributed by atoms with Gasteiger partial charge in [0.2, 0.25) is 10.0 Å². The summed E-state index contributed by atoms with van der Waals surface area (Å²) in [6, 6.07) is 13.5. The van der Waals surface area contributed by atoms with Crippen molar-refractivity contribution in [2.45, 2.75) is 32.5 Å². The summed E-state index contributed by atoms with van der Waals surface area (Å²) in [6.07, 6.45) is 1.83. The van der Waals surface area contributed by atoms with E-state index >= 15 is 0 Å². The number of sulfonamides is 1. The highest BCUT2D eigenvalue weighted by Crippen LogP contribution is 2.34. The molecule has 1 fully saturated rings. The molecule has 8 heteroatoms. The zero-order valence-corrected chi connectivity index (χ0v) is 19.9. The van der Waals surface area contributed by atoms with Crippen molar-refractivity contribution in [3.8, 4) is 0 Å². The highest BCUT2D eigenvalue weighted by Gasteiger charge is 2.32. The van der Waals surface area contributed by atoms with Gasteiger partial charge in [-0.1, -0.05) is 24.3 Å². The van der Waals surface area contributed by atoms with Crippen LogP contribution in [0, 0.1) is 0 Å². The van der Waals surface area contributed by atoms with Crippen LogP contribution < -0.4 is 9.62 Å². The van der Waals surface area contributed by atoms with Crippen LogP contribution in [-0.4, -0.2) is 69.6 Å². The number of fused-ring (bicyclic) bond motifs is 1. The fourth-order valence-corrected chi connectivity index (χ4v) is 5.90. The van der Waals surface area contributed by atoms with Gasteiger partial charge in [-0.2, -0.15) is 0 Å². The van der Waals surface area contributed by atoms with Gasteiger partial charge in [0.15, 0.2) is 0 Å². The first kappa shape index (κ1) is 22.8. The third kappa shape index (κ3) is 5.14. The molecular weight excluding hydrogens is 424 g/mol. The van der Waals surface area contributed by atoms with E-state index in [4.69, 9.17) is 0 Å². The summed E-state index contributed by atoms with van der Waals surface area (Å²) in [5, 5.41) is 3.00. The second kappa shape index (κ2) is 9.21. The third-order valence-corrected chi connectivity index (χ3v) is 7.57. The largest absolute Gasteiger partial charge is 0.348 e. The molecule has 1 atom stereocenters. The normalized spacial score (nSPS) is 19.7. The van der Waals surface area contributed by atoms with Crippen molar-refractivity contribution in [2.24, 2.45) is 0 Å². The molecule has 2 aliphatic heterocycles. The van der Waals surface area contributed by atoms with Crippen LogP contribution >= 0.6 is 0 Å². The Balaban J connectivity index is 1.38. The second-order valence-corrected chi connectivity index (χ2v) is 10.9. The number of carbonyl (C=O) groups excluding carboxylic acids is 1. The van der Waals surface area contributed by atoms with Gasteiger partial charge in [-0.05, 0) is 55.3 Å². The van der Waals surface area contributed by atoms with Crippen molar-refractivity contribution in [3.05, 3.63) is 64.7 Å². The molecule has 2 aromatic carbocycles. The van der Waals surface area contributed by atoms with Crippen LogP contribution in [-0.2, 0) is 29.5 Å². The Morgan fingerprint density at radius 1 is 1.06 bits per heavy atom. The lowest BCUT2D eigenvalue weighted by Crippen LogP contribution is -2.43. The van der Waals surface area contributed by atoms with Crippen molar-refractivity contribution in [3.63, 3.8) is 0 Å². The summed E-state index contributed by atoms with van der Waals surface area (Å²) >= 11 is 0. The number of piperazine rings is 1. The molecule has 2 aliphatic rings. The SMILES string of the molecule is CC1Cc2cc(C(=O)NCc3cccc(CN4CCN(C)CC4)c3)ccc2N1S(C)(=O)=O. The van der Waals surface area contributed by atoms with Crippen LogP contribution in [0.25, 0.3) is 0 Å². The van der Waals surface area contributed by atoms with E-state index in [2.05, 4.69) is 34.3 Å². The number of hydrogen-bond acceptors (Lipinski definition) is 5. The minimum atomic E-state index is -3.34. The molecule has 0 saturated carbocycles.